The van der Waals surface area contributed by atoms with E-state index in [0.717, 1.165) is 56.5 Å². The van der Waals surface area contributed by atoms with E-state index < -0.39 is 5.97 Å². The van der Waals surface area contributed by atoms with Crippen molar-refractivity contribution in [1.29, 1.82) is 0 Å². The second-order valence-corrected chi connectivity index (χ2v) is 6.92. The van der Waals surface area contributed by atoms with Crippen molar-refractivity contribution >= 4 is 24.9 Å². The van der Waals surface area contributed by atoms with E-state index in [-0.39, 0.29) is 5.77 Å². The molecule has 3 rings (SSSR count). The van der Waals surface area contributed by atoms with Crippen molar-refractivity contribution in [3.05, 3.63) is 29.8 Å². The van der Waals surface area contributed by atoms with E-state index in [1.165, 1.54) is 12.8 Å². The van der Waals surface area contributed by atoms with Gasteiger partial charge in [0.1, 0.15) is 0 Å². The maximum absolute atomic E-state index is 10.9. The van der Waals surface area contributed by atoms with Crippen LogP contribution in [0.3, 0.4) is 0 Å². The van der Waals surface area contributed by atoms with Crippen LogP contribution in [0.15, 0.2) is 24.3 Å². The average molecular weight is 328 g/mol. The molecular weight excluding hydrogens is 303 g/mol. The number of aromatic carboxylic acids is 1. The van der Waals surface area contributed by atoms with Crippen LogP contribution in [0.2, 0.25) is 0 Å². The Morgan fingerprint density at radius 1 is 0.917 bits per heavy atom. The summed E-state index contributed by atoms with van der Waals surface area (Å²) in [6, 6.07) is 7.19. The molecule has 0 atom stereocenters. The van der Waals surface area contributed by atoms with Gasteiger partial charge in [0, 0.05) is 0 Å². The van der Waals surface area contributed by atoms with E-state index in [1.807, 2.05) is 17.0 Å². The second kappa shape index (κ2) is 7.28. The van der Waals surface area contributed by atoms with Crippen LogP contribution in [0.1, 0.15) is 36.0 Å². The number of carbonyl (C=O) groups is 1. The van der Waals surface area contributed by atoms with Gasteiger partial charge in [0.25, 0.3) is 0 Å². The molecule has 1 aromatic carbocycles. The van der Waals surface area contributed by atoms with E-state index in [2.05, 4.69) is 12.4 Å². The first-order chi connectivity index (χ1) is 11.5. The molecule has 2 aliphatic rings. The summed E-state index contributed by atoms with van der Waals surface area (Å²) >= 11 is 0. The Bertz CT molecular complexity index is 589. The quantitative estimate of drug-likeness (QED) is 0.824. The Morgan fingerprint density at radius 2 is 1.42 bits per heavy atom. The molecule has 0 aromatic heterocycles. The fourth-order valence-electron chi connectivity index (χ4n) is 4.07. The number of nitrogens with zero attached hydrogens (tertiary/aromatic N) is 2. The molecule has 2 fully saturated rings. The Hall–Kier alpha value is -1.98. The number of rotatable bonds is 4. The number of carboxylic acid groups (broad SMARTS) is 1. The molecule has 24 heavy (non-hydrogen) atoms. The molecule has 0 spiro atoms. The summed E-state index contributed by atoms with van der Waals surface area (Å²) < 4.78 is 0. The summed E-state index contributed by atoms with van der Waals surface area (Å²) in [5, 5.41) is 18.5. The van der Waals surface area contributed by atoms with E-state index in [9.17, 15) is 9.90 Å². The predicted octanol–water partition coefficient (Wildman–Crippen LogP) is 1.67. The van der Waals surface area contributed by atoms with Crippen LogP contribution in [0.5, 0.6) is 0 Å². The Kier molecular flexibility index (Phi) is 5.12. The van der Waals surface area contributed by atoms with Crippen LogP contribution in [0.25, 0.3) is 0 Å². The molecule has 0 amide bonds. The van der Waals surface area contributed by atoms with Gasteiger partial charge >= 0.3 is 128 Å². The fourth-order valence-corrected chi connectivity index (χ4v) is 4.07. The summed E-state index contributed by atoms with van der Waals surface area (Å²) in [7, 11) is 3.61. The second-order valence-electron chi connectivity index (χ2n) is 6.92. The number of aliphatic hydroxyl groups is 1. The molecule has 0 aliphatic carbocycles. The van der Waals surface area contributed by atoms with Gasteiger partial charge in [-0.05, 0) is 0 Å². The molecule has 128 valence electrons. The minimum atomic E-state index is -0.878. The van der Waals surface area contributed by atoms with Crippen molar-refractivity contribution in [2.75, 3.05) is 31.1 Å². The Balaban J connectivity index is 1.51. The number of hydrogen-bond donors (Lipinski definition) is 2. The predicted molar refractivity (Wildman–Crippen MR) is 96.7 cm³/mol. The third-order valence-corrected chi connectivity index (χ3v) is 5.59. The molecule has 2 aliphatic heterocycles. The summed E-state index contributed by atoms with van der Waals surface area (Å²) in [4.78, 5) is 15.3. The molecule has 0 bridgehead atoms. The SMILES string of the molecule is B=C(O)N1CCC(C2CCN(c3ccc(C(=O)O)cc3)CC2)CC1. The van der Waals surface area contributed by atoms with Crippen molar-refractivity contribution in [2.45, 2.75) is 25.7 Å². The topological polar surface area (TPSA) is 64.0 Å². The summed E-state index contributed by atoms with van der Waals surface area (Å²) in [6.07, 6.45) is 4.64. The van der Waals surface area contributed by atoms with Gasteiger partial charge in [-0.3, -0.25) is 0 Å². The Morgan fingerprint density at radius 3 is 1.88 bits per heavy atom. The summed E-state index contributed by atoms with van der Waals surface area (Å²) in [6.45, 7) is 3.89. The molecule has 2 saturated heterocycles. The number of piperidine rings is 2. The number of likely N-dealkylation sites (tertiary alicyclic amines) is 1. The van der Waals surface area contributed by atoms with Gasteiger partial charge in [-0.1, -0.05) is 0 Å². The van der Waals surface area contributed by atoms with Gasteiger partial charge in [0.15, 0.2) is 0 Å². The third-order valence-electron chi connectivity index (χ3n) is 5.59. The van der Waals surface area contributed by atoms with Crippen LogP contribution < -0.4 is 4.90 Å². The summed E-state index contributed by atoms with van der Waals surface area (Å²) in [5.41, 5.74) is 1.45. The van der Waals surface area contributed by atoms with Crippen molar-refractivity contribution < 1.29 is 15.0 Å². The van der Waals surface area contributed by atoms with Gasteiger partial charge in [0.05, 0.1) is 5.56 Å². The van der Waals surface area contributed by atoms with Gasteiger partial charge in [-0.25, -0.2) is 4.79 Å². The van der Waals surface area contributed by atoms with Crippen molar-refractivity contribution in [1.82, 2.24) is 4.90 Å². The number of hydrogen-bond acceptors (Lipinski definition) is 4. The zero-order valence-electron chi connectivity index (χ0n) is 14.0. The van der Waals surface area contributed by atoms with Gasteiger partial charge in [0.2, 0.25) is 0 Å². The van der Waals surface area contributed by atoms with E-state index in [1.54, 1.807) is 12.1 Å². The van der Waals surface area contributed by atoms with Crippen LogP contribution in [-0.4, -0.2) is 60.5 Å². The van der Waals surface area contributed by atoms with Crippen LogP contribution in [0.4, 0.5) is 5.69 Å². The zero-order chi connectivity index (χ0) is 17.1. The van der Waals surface area contributed by atoms with Crippen molar-refractivity contribution in [3.63, 3.8) is 0 Å². The molecule has 0 radical (unpaired) electrons. The third kappa shape index (κ3) is 3.74. The molecule has 5 nitrogen and oxygen atoms in total. The maximum atomic E-state index is 10.9. The number of anilines is 1. The minimum absolute atomic E-state index is 0.202. The van der Waals surface area contributed by atoms with E-state index in [4.69, 9.17) is 5.11 Å². The summed E-state index contributed by atoms with van der Waals surface area (Å²) in [5.74, 6) is 0.830. The van der Waals surface area contributed by atoms with Gasteiger partial charge in [-0.15, -0.1) is 0 Å². The van der Waals surface area contributed by atoms with Crippen molar-refractivity contribution in [3.8, 4) is 0 Å². The molecule has 6 heteroatoms. The molecule has 2 heterocycles. The monoisotopic (exact) mass is 328 g/mol. The zero-order valence-corrected chi connectivity index (χ0v) is 14.0. The fraction of sp³-hybridized carbons (Fsp3) is 0.556. The first-order valence-electron chi connectivity index (χ1n) is 8.75. The number of carboxylic acids is 1. The van der Waals surface area contributed by atoms with Gasteiger partial charge < -0.3 is 5.11 Å². The molecule has 1 aromatic rings. The van der Waals surface area contributed by atoms with Gasteiger partial charge in [-0.2, -0.15) is 0 Å². The standard InChI is InChI=1S/C18H25BN2O3/c19-18(24)21-11-7-14(8-12-21)13-5-9-20(10-6-13)16-3-1-15(2-4-16)17(22)23/h1-4,13-14,19,24H,5-12H2,(H,22,23). The van der Waals surface area contributed by atoms with Crippen molar-refractivity contribution in [2.24, 2.45) is 11.8 Å². The average Bonchev–Trinajstić information content (AvgIpc) is 2.62. The van der Waals surface area contributed by atoms with Crippen LogP contribution >= 0.6 is 0 Å². The van der Waals surface area contributed by atoms with E-state index in [0.29, 0.717) is 5.56 Å². The molecule has 2 N–H and O–H groups in total. The normalized spacial score (nSPS) is 20.1. The van der Waals surface area contributed by atoms with Crippen LogP contribution in [-0.2, 0) is 0 Å². The number of aliphatic hydroxyl groups excluding tert-OH is 1. The van der Waals surface area contributed by atoms with Crippen LogP contribution in [0, 0.1) is 11.8 Å². The first kappa shape index (κ1) is 16.9. The number of benzene rings is 1. The molecule has 0 unspecified atom stereocenters. The molecule has 0 saturated carbocycles. The Labute approximate surface area is 144 Å². The first-order valence-corrected chi connectivity index (χ1v) is 8.75. The molecular formula is C18H25BN2O3. The van der Waals surface area contributed by atoms with E-state index >= 15 is 0 Å².